The molecule has 0 N–H and O–H groups in total. The quantitative estimate of drug-likeness (QED) is 0.614. The second kappa shape index (κ2) is 3.78. The van der Waals surface area contributed by atoms with Crippen LogP contribution < -0.4 is 0 Å². The smallest absolute Gasteiger partial charge is 0.00124 e. The topological polar surface area (TPSA) is 3.24 Å². The Morgan fingerprint density at radius 2 is 1.25 bits per heavy atom. The SMILES string of the molecule is CC(C)C1CN(C)CC1C(C)C. The van der Waals surface area contributed by atoms with Crippen LogP contribution in [0.25, 0.3) is 0 Å². The molecule has 1 aliphatic rings. The maximum Gasteiger partial charge on any atom is 0.00124 e. The van der Waals surface area contributed by atoms with Gasteiger partial charge in [0.2, 0.25) is 0 Å². The molecule has 1 heteroatoms. The molecule has 0 aromatic heterocycles. The second-order valence-corrected chi connectivity index (χ2v) is 5.04. The van der Waals surface area contributed by atoms with E-state index < -0.39 is 0 Å². The van der Waals surface area contributed by atoms with Gasteiger partial charge in [0.05, 0.1) is 0 Å². The molecule has 1 rings (SSSR count). The van der Waals surface area contributed by atoms with Gasteiger partial charge in [-0.05, 0) is 30.7 Å². The van der Waals surface area contributed by atoms with E-state index in [9.17, 15) is 0 Å². The minimum absolute atomic E-state index is 0.849. The van der Waals surface area contributed by atoms with Gasteiger partial charge in [-0.1, -0.05) is 27.7 Å². The average molecular weight is 169 g/mol. The van der Waals surface area contributed by atoms with Gasteiger partial charge < -0.3 is 4.90 Å². The predicted molar refractivity (Wildman–Crippen MR) is 54.2 cm³/mol. The molecule has 2 atom stereocenters. The fraction of sp³-hybridized carbons (Fsp3) is 1.00. The number of likely N-dealkylation sites (tertiary alicyclic amines) is 1. The van der Waals surface area contributed by atoms with Crippen molar-refractivity contribution >= 4 is 0 Å². The fourth-order valence-electron chi connectivity index (χ4n) is 2.48. The summed E-state index contributed by atoms with van der Waals surface area (Å²) in [5.41, 5.74) is 0. The summed E-state index contributed by atoms with van der Waals surface area (Å²) in [6, 6.07) is 0. The Kier molecular flexibility index (Phi) is 3.16. The van der Waals surface area contributed by atoms with Crippen LogP contribution in [-0.2, 0) is 0 Å². The highest BCUT2D eigenvalue weighted by Crippen LogP contribution is 2.33. The van der Waals surface area contributed by atoms with E-state index in [1.165, 1.54) is 13.1 Å². The maximum atomic E-state index is 2.48. The summed E-state index contributed by atoms with van der Waals surface area (Å²) in [5, 5.41) is 0. The first kappa shape index (κ1) is 10.0. The van der Waals surface area contributed by atoms with Crippen LogP contribution in [0, 0.1) is 23.7 Å². The van der Waals surface area contributed by atoms with Crippen LogP contribution in [-0.4, -0.2) is 25.0 Å². The van der Waals surface area contributed by atoms with Crippen molar-refractivity contribution in [3.8, 4) is 0 Å². The zero-order valence-electron chi connectivity index (χ0n) is 9.17. The van der Waals surface area contributed by atoms with E-state index in [1.807, 2.05) is 0 Å². The average Bonchev–Trinajstić information content (AvgIpc) is 2.31. The molecule has 0 aromatic carbocycles. The van der Waals surface area contributed by atoms with Crippen LogP contribution in [0.4, 0.5) is 0 Å². The van der Waals surface area contributed by atoms with Gasteiger partial charge in [-0.3, -0.25) is 0 Å². The summed E-state index contributed by atoms with van der Waals surface area (Å²) in [7, 11) is 2.25. The Balaban J connectivity index is 2.59. The number of hydrogen-bond donors (Lipinski definition) is 0. The Morgan fingerprint density at radius 3 is 1.50 bits per heavy atom. The van der Waals surface area contributed by atoms with Crippen molar-refractivity contribution in [2.75, 3.05) is 20.1 Å². The number of hydrogen-bond acceptors (Lipinski definition) is 1. The first-order chi connectivity index (χ1) is 5.52. The van der Waals surface area contributed by atoms with E-state index in [0.717, 1.165) is 23.7 Å². The van der Waals surface area contributed by atoms with Crippen molar-refractivity contribution in [3.05, 3.63) is 0 Å². The van der Waals surface area contributed by atoms with Crippen molar-refractivity contribution in [1.29, 1.82) is 0 Å². The molecule has 0 amide bonds. The van der Waals surface area contributed by atoms with E-state index in [2.05, 4.69) is 39.6 Å². The zero-order valence-corrected chi connectivity index (χ0v) is 9.17. The maximum absolute atomic E-state index is 2.48. The highest BCUT2D eigenvalue weighted by molar-refractivity contribution is 4.85. The second-order valence-electron chi connectivity index (χ2n) is 5.04. The molecule has 0 aliphatic carbocycles. The lowest BCUT2D eigenvalue weighted by Gasteiger charge is -2.24. The molecular formula is C11H23N. The Labute approximate surface area is 77.1 Å². The standard InChI is InChI=1S/C11H23N/c1-8(2)10-6-12(5)7-11(10)9(3)4/h8-11H,6-7H2,1-5H3. The van der Waals surface area contributed by atoms with E-state index in [-0.39, 0.29) is 0 Å². The molecule has 0 bridgehead atoms. The molecule has 0 saturated carbocycles. The third-order valence-electron chi connectivity index (χ3n) is 3.31. The fourth-order valence-corrected chi connectivity index (χ4v) is 2.48. The highest BCUT2D eigenvalue weighted by Gasteiger charge is 2.34. The van der Waals surface area contributed by atoms with Gasteiger partial charge in [-0.15, -0.1) is 0 Å². The highest BCUT2D eigenvalue weighted by atomic mass is 15.1. The van der Waals surface area contributed by atoms with Gasteiger partial charge in [0.1, 0.15) is 0 Å². The molecular weight excluding hydrogens is 146 g/mol. The molecule has 1 nitrogen and oxygen atoms in total. The normalized spacial score (nSPS) is 32.2. The minimum atomic E-state index is 0.849. The van der Waals surface area contributed by atoms with E-state index in [0.29, 0.717) is 0 Å². The molecule has 72 valence electrons. The van der Waals surface area contributed by atoms with Crippen LogP contribution in [0.5, 0.6) is 0 Å². The first-order valence-corrected chi connectivity index (χ1v) is 5.21. The Hall–Kier alpha value is -0.0400. The summed E-state index contributed by atoms with van der Waals surface area (Å²) >= 11 is 0. The van der Waals surface area contributed by atoms with Crippen molar-refractivity contribution in [3.63, 3.8) is 0 Å². The Bertz CT molecular complexity index is 124. The largest absolute Gasteiger partial charge is 0.306 e. The van der Waals surface area contributed by atoms with Crippen LogP contribution in [0.15, 0.2) is 0 Å². The molecule has 1 fully saturated rings. The first-order valence-electron chi connectivity index (χ1n) is 5.21. The van der Waals surface area contributed by atoms with Crippen molar-refractivity contribution in [1.82, 2.24) is 4.90 Å². The van der Waals surface area contributed by atoms with E-state index in [4.69, 9.17) is 0 Å². The lowest BCUT2D eigenvalue weighted by molar-refractivity contribution is 0.257. The van der Waals surface area contributed by atoms with Crippen LogP contribution in [0.2, 0.25) is 0 Å². The molecule has 0 radical (unpaired) electrons. The van der Waals surface area contributed by atoms with Crippen molar-refractivity contribution < 1.29 is 0 Å². The lowest BCUT2D eigenvalue weighted by atomic mass is 9.80. The van der Waals surface area contributed by atoms with Crippen LogP contribution >= 0.6 is 0 Å². The summed E-state index contributed by atoms with van der Waals surface area (Å²) in [5.74, 6) is 3.55. The molecule has 1 heterocycles. The third kappa shape index (κ3) is 2.01. The molecule has 12 heavy (non-hydrogen) atoms. The lowest BCUT2D eigenvalue weighted by Crippen LogP contribution is -2.22. The minimum Gasteiger partial charge on any atom is -0.306 e. The van der Waals surface area contributed by atoms with Gasteiger partial charge in [-0.25, -0.2) is 0 Å². The molecule has 0 spiro atoms. The predicted octanol–water partition coefficient (Wildman–Crippen LogP) is 2.48. The molecule has 0 aromatic rings. The van der Waals surface area contributed by atoms with E-state index in [1.54, 1.807) is 0 Å². The summed E-state index contributed by atoms with van der Waals surface area (Å²) in [6.07, 6.45) is 0. The molecule has 1 aliphatic heterocycles. The summed E-state index contributed by atoms with van der Waals surface area (Å²) in [4.78, 5) is 2.48. The van der Waals surface area contributed by atoms with Gasteiger partial charge in [0.15, 0.2) is 0 Å². The van der Waals surface area contributed by atoms with Gasteiger partial charge in [-0.2, -0.15) is 0 Å². The Morgan fingerprint density at radius 1 is 0.917 bits per heavy atom. The van der Waals surface area contributed by atoms with Gasteiger partial charge >= 0.3 is 0 Å². The monoisotopic (exact) mass is 169 g/mol. The number of nitrogens with zero attached hydrogens (tertiary/aromatic N) is 1. The van der Waals surface area contributed by atoms with E-state index >= 15 is 0 Å². The van der Waals surface area contributed by atoms with Crippen LogP contribution in [0.3, 0.4) is 0 Å². The molecule has 2 unspecified atom stereocenters. The van der Waals surface area contributed by atoms with Crippen molar-refractivity contribution in [2.45, 2.75) is 27.7 Å². The van der Waals surface area contributed by atoms with Crippen molar-refractivity contribution in [2.24, 2.45) is 23.7 Å². The summed E-state index contributed by atoms with van der Waals surface area (Å²) in [6.45, 7) is 12.1. The zero-order chi connectivity index (χ0) is 9.30. The third-order valence-corrected chi connectivity index (χ3v) is 3.31. The summed E-state index contributed by atoms with van der Waals surface area (Å²) < 4.78 is 0. The van der Waals surface area contributed by atoms with Crippen LogP contribution in [0.1, 0.15) is 27.7 Å². The number of rotatable bonds is 2. The molecule has 1 saturated heterocycles. The van der Waals surface area contributed by atoms with Gasteiger partial charge in [0.25, 0.3) is 0 Å². The van der Waals surface area contributed by atoms with Gasteiger partial charge in [0, 0.05) is 13.1 Å².